The molecule has 1 aromatic carbocycles. The number of nitrogens with one attached hydrogen (secondary N) is 1. The quantitative estimate of drug-likeness (QED) is 0.835. The number of carbonyl (C=O) groups is 2. The van der Waals surface area contributed by atoms with Crippen LogP contribution in [0.15, 0.2) is 42.7 Å². The summed E-state index contributed by atoms with van der Waals surface area (Å²) in [5, 5.41) is 2.89. The van der Waals surface area contributed by atoms with Gasteiger partial charge in [0.15, 0.2) is 0 Å². The molecule has 1 fully saturated rings. The molecule has 28 heavy (non-hydrogen) atoms. The summed E-state index contributed by atoms with van der Waals surface area (Å²) >= 11 is 0. The van der Waals surface area contributed by atoms with Crippen LogP contribution in [0.3, 0.4) is 0 Å². The van der Waals surface area contributed by atoms with Crippen molar-refractivity contribution < 1.29 is 14.3 Å². The molecule has 0 aliphatic carbocycles. The third-order valence-electron chi connectivity index (χ3n) is 5.19. The van der Waals surface area contributed by atoms with Gasteiger partial charge in [-0.15, -0.1) is 0 Å². The van der Waals surface area contributed by atoms with Crippen molar-refractivity contribution in [2.75, 3.05) is 26.7 Å². The predicted molar refractivity (Wildman–Crippen MR) is 108 cm³/mol. The van der Waals surface area contributed by atoms with Gasteiger partial charge >= 0.3 is 0 Å². The highest BCUT2D eigenvalue weighted by molar-refractivity contribution is 5.99. The molecule has 0 atom stereocenters. The lowest BCUT2D eigenvalue weighted by Gasteiger charge is -2.30. The number of likely N-dealkylation sites (tertiary alicyclic amines) is 1. The number of para-hydroxylation sites is 1. The maximum atomic E-state index is 12.7. The Morgan fingerprint density at radius 2 is 1.89 bits per heavy atom. The molecule has 2 aromatic rings. The smallest absolute Gasteiger partial charge is 0.255 e. The molecule has 0 spiro atoms. The molecule has 1 saturated heterocycles. The summed E-state index contributed by atoms with van der Waals surface area (Å²) in [4.78, 5) is 31.1. The van der Waals surface area contributed by atoms with E-state index in [9.17, 15) is 9.59 Å². The second-order valence-corrected chi connectivity index (χ2v) is 7.25. The van der Waals surface area contributed by atoms with E-state index in [0.29, 0.717) is 30.0 Å². The number of aromatic nitrogens is 1. The molecule has 6 heteroatoms. The normalized spacial score (nSPS) is 14.6. The van der Waals surface area contributed by atoms with E-state index in [1.165, 1.54) is 12.4 Å². The fraction of sp³-hybridized carbons (Fsp3) is 0.409. The molecule has 0 radical (unpaired) electrons. The Bertz CT molecular complexity index is 829. The average molecular weight is 381 g/mol. The third-order valence-corrected chi connectivity index (χ3v) is 5.19. The first-order valence-corrected chi connectivity index (χ1v) is 9.73. The molecule has 148 valence electrons. The molecule has 1 aromatic heterocycles. The van der Waals surface area contributed by atoms with Gasteiger partial charge < -0.3 is 15.0 Å². The monoisotopic (exact) mass is 381 g/mol. The van der Waals surface area contributed by atoms with E-state index < -0.39 is 0 Å². The number of amides is 2. The van der Waals surface area contributed by atoms with Gasteiger partial charge in [-0.2, -0.15) is 0 Å². The van der Waals surface area contributed by atoms with Crippen molar-refractivity contribution in [3.05, 3.63) is 59.4 Å². The Balaban J connectivity index is 1.58. The average Bonchev–Trinajstić information content (AvgIpc) is 2.74. The molecule has 0 saturated carbocycles. The van der Waals surface area contributed by atoms with E-state index in [1.54, 1.807) is 13.2 Å². The van der Waals surface area contributed by atoms with Gasteiger partial charge in [-0.1, -0.05) is 25.1 Å². The number of rotatable bonds is 6. The third kappa shape index (κ3) is 4.88. The second-order valence-electron chi connectivity index (χ2n) is 7.25. The van der Waals surface area contributed by atoms with Gasteiger partial charge in [0, 0.05) is 32.0 Å². The first kappa shape index (κ1) is 19.9. The summed E-state index contributed by atoms with van der Waals surface area (Å²) in [6.07, 6.45) is 5.72. The Morgan fingerprint density at radius 3 is 2.64 bits per heavy atom. The number of hydrogen-bond donors (Lipinski definition) is 1. The minimum Gasteiger partial charge on any atom is -0.496 e. The molecule has 1 aliphatic heterocycles. The van der Waals surface area contributed by atoms with Crippen molar-refractivity contribution in [1.29, 1.82) is 0 Å². The number of piperidine rings is 1. The van der Waals surface area contributed by atoms with Crippen molar-refractivity contribution in [2.45, 2.75) is 26.2 Å². The van der Waals surface area contributed by atoms with Crippen molar-refractivity contribution in [3.8, 4) is 5.75 Å². The first-order valence-electron chi connectivity index (χ1n) is 9.73. The van der Waals surface area contributed by atoms with Crippen LogP contribution in [0.1, 0.15) is 46.0 Å². The van der Waals surface area contributed by atoms with Crippen LogP contribution in [0, 0.1) is 5.92 Å². The van der Waals surface area contributed by atoms with E-state index in [-0.39, 0.29) is 11.8 Å². The molecule has 3 rings (SSSR count). The Hall–Kier alpha value is -2.89. The SMILES string of the molecule is COc1ccccc1CCNC(=O)c1cncc(C(=O)N2CCC(C)CC2)c1. The molecule has 6 nitrogen and oxygen atoms in total. The molecule has 0 bridgehead atoms. The maximum Gasteiger partial charge on any atom is 0.255 e. The van der Waals surface area contributed by atoms with Crippen LogP contribution in [0.2, 0.25) is 0 Å². The zero-order valence-electron chi connectivity index (χ0n) is 16.5. The van der Waals surface area contributed by atoms with E-state index in [4.69, 9.17) is 4.74 Å². The number of methoxy groups -OCH3 is 1. The van der Waals surface area contributed by atoms with Crippen molar-refractivity contribution in [2.24, 2.45) is 5.92 Å². The highest BCUT2D eigenvalue weighted by Gasteiger charge is 2.22. The molecule has 1 aliphatic rings. The summed E-state index contributed by atoms with van der Waals surface area (Å²) in [5.41, 5.74) is 1.90. The summed E-state index contributed by atoms with van der Waals surface area (Å²) in [6.45, 7) is 4.20. The fourth-order valence-electron chi connectivity index (χ4n) is 3.40. The Labute approximate surface area is 165 Å². The topological polar surface area (TPSA) is 71.5 Å². The molecule has 0 unspecified atom stereocenters. The first-order chi connectivity index (χ1) is 13.6. The standard InChI is InChI=1S/C22H27N3O3/c1-16-8-11-25(12-9-16)22(27)19-13-18(14-23-15-19)21(26)24-10-7-17-5-3-4-6-20(17)28-2/h3-6,13-16H,7-12H2,1-2H3,(H,24,26). The lowest BCUT2D eigenvalue weighted by atomic mass is 9.98. The highest BCUT2D eigenvalue weighted by Crippen LogP contribution is 2.19. The zero-order valence-corrected chi connectivity index (χ0v) is 16.5. The molecular formula is C22H27N3O3. The van der Waals surface area contributed by atoms with Gasteiger partial charge in [-0.05, 0) is 42.9 Å². The fourth-order valence-corrected chi connectivity index (χ4v) is 3.40. The van der Waals surface area contributed by atoms with Crippen LogP contribution in [0.5, 0.6) is 5.75 Å². The summed E-state index contributed by atoms with van der Waals surface area (Å²) in [5.74, 6) is 1.18. The van der Waals surface area contributed by atoms with E-state index >= 15 is 0 Å². The van der Waals surface area contributed by atoms with Crippen LogP contribution in [-0.4, -0.2) is 48.4 Å². The largest absolute Gasteiger partial charge is 0.496 e. The van der Waals surface area contributed by atoms with Crippen molar-refractivity contribution in [1.82, 2.24) is 15.2 Å². The summed E-state index contributed by atoms with van der Waals surface area (Å²) < 4.78 is 5.33. The van der Waals surface area contributed by atoms with Crippen LogP contribution in [0.4, 0.5) is 0 Å². The Morgan fingerprint density at radius 1 is 1.18 bits per heavy atom. The van der Waals surface area contributed by atoms with E-state index in [1.807, 2.05) is 29.2 Å². The van der Waals surface area contributed by atoms with Crippen molar-refractivity contribution >= 4 is 11.8 Å². The van der Waals surface area contributed by atoms with Gasteiger partial charge in [0.2, 0.25) is 0 Å². The van der Waals surface area contributed by atoms with Crippen LogP contribution in [-0.2, 0) is 6.42 Å². The lowest BCUT2D eigenvalue weighted by Crippen LogP contribution is -2.38. The molecular weight excluding hydrogens is 354 g/mol. The highest BCUT2D eigenvalue weighted by atomic mass is 16.5. The summed E-state index contributed by atoms with van der Waals surface area (Å²) in [7, 11) is 1.63. The van der Waals surface area contributed by atoms with Gasteiger partial charge in [0.25, 0.3) is 11.8 Å². The number of benzene rings is 1. The molecule has 2 heterocycles. The number of hydrogen-bond acceptors (Lipinski definition) is 4. The molecule has 1 N–H and O–H groups in total. The number of carbonyl (C=O) groups excluding carboxylic acids is 2. The van der Waals surface area contributed by atoms with Crippen molar-refractivity contribution in [3.63, 3.8) is 0 Å². The predicted octanol–water partition coefficient (Wildman–Crippen LogP) is 2.93. The number of nitrogens with zero attached hydrogens (tertiary/aromatic N) is 2. The zero-order chi connectivity index (χ0) is 19.9. The summed E-state index contributed by atoms with van der Waals surface area (Å²) in [6, 6.07) is 9.37. The lowest BCUT2D eigenvalue weighted by molar-refractivity contribution is 0.0697. The van der Waals surface area contributed by atoms with E-state index in [0.717, 1.165) is 37.2 Å². The maximum absolute atomic E-state index is 12.7. The number of ether oxygens (including phenoxy) is 1. The molecule has 2 amide bonds. The van der Waals surface area contributed by atoms with Crippen LogP contribution in [0.25, 0.3) is 0 Å². The Kier molecular flexibility index (Phi) is 6.63. The minimum absolute atomic E-state index is 0.0527. The van der Waals surface area contributed by atoms with Gasteiger partial charge in [0.1, 0.15) is 5.75 Å². The van der Waals surface area contributed by atoms with Gasteiger partial charge in [0.05, 0.1) is 18.2 Å². The van der Waals surface area contributed by atoms with E-state index in [2.05, 4.69) is 17.2 Å². The second kappa shape index (κ2) is 9.35. The number of pyridine rings is 1. The van der Waals surface area contributed by atoms with Crippen LogP contribution >= 0.6 is 0 Å². The minimum atomic E-state index is -0.232. The van der Waals surface area contributed by atoms with Gasteiger partial charge in [-0.3, -0.25) is 14.6 Å². The van der Waals surface area contributed by atoms with Crippen LogP contribution < -0.4 is 10.1 Å². The van der Waals surface area contributed by atoms with Gasteiger partial charge in [-0.25, -0.2) is 0 Å².